The Morgan fingerprint density at radius 3 is 2.22 bits per heavy atom. The number of hydrogen-bond acceptors (Lipinski definition) is 4. The molecule has 0 atom stereocenters. The minimum atomic E-state index is -2.88. The van der Waals surface area contributed by atoms with Gasteiger partial charge in [-0.25, -0.2) is 8.42 Å². The number of rotatable bonds is 8. The molecule has 0 heterocycles. The Labute approximate surface area is 112 Å². The Kier molecular flexibility index (Phi) is 6.08. The van der Waals surface area contributed by atoms with E-state index in [0.29, 0.717) is 13.1 Å². The first-order valence-corrected chi connectivity index (χ1v) is 8.97. The molecule has 4 nitrogen and oxygen atoms in total. The average Bonchev–Trinajstić information content (AvgIpc) is 2.84. The van der Waals surface area contributed by atoms with Gasteiger partial charge in [0, 0.05) is 24.4 Å². The van der Waals surface area contributed by atoms with Gasteiger partial charge in [-0.1, -0.05) is 26.7 Å². The second-order valence-corrected chi connectivity index (χ2v) is 7.83. The fourth-order valence-electron chi connectivity index (χ4n) is 2.93. The Balaban J connectivity index is 2.69. The second-order valence-electron chi connectivity index (χ2n) is 5.36. The highest BCUT2D eigenvalue weighted by molar-refractivity contribution is 7.91. The SMILES string of the molecule is CCCN(CCS(=O)(=O)CC)C1(CN)CCCC1. The van der Waals surface area contributed by atoms with Crippen LogP contribution in [0.2, 0.25) is 0 Å². The lowest BCUT2D eigenvalue weighted by Gasteiger charge is -2.40. The molecule has 0 bridgehead atoms. The molecule has 0 aromatic carbocycles. The third-order valence-electron chi connectivity index (χ3n) is 4.19. The van der Waals surface area contributed by atoms with Crippen molar-refractivity contribution in [1.82, 2.24) is 4.90 Å². The van der Waals surface area contributed by atoms with Gasteiger partial charge >= 0.3 is 0 Å². The van der Waals surface area contributed by atoms with E-state index in [2.05, 4.69) is 11.8 Å². The van der Waals surface area contributed by atoms with Crippen molar-refractivity contribution in [3.63, 3.8) is 0 Å². The molecule has 5 heteroatoms. The van der Waals surface area contributed by atoms with Crippen molar-refractivity contribution in [1.29, 1.82) is 0 Å². The van der Waals surface area contributed by atoms with Crippen molar-refractivity contribution in [3.05, 3.63) is 0 Å². The van der Waals surface area contributed by atoms with Gasteiger partial charge in [0.05, 0.1) is 5.75 Å². The molecule has 0 saturated heterocycles. The summed E-state index contributed by atoms with van der Waals surface area (Å²) in [6, 6.07) is 0. The van der Waals surface area contributed by atoms with Gasteiger partial charge in [-0.05, 0) is 25.8 Å². The van der Waals surface area contributed by atoms with Crippen LogP contribution in [0, 0.1) is 0 Å². The van der Waals surface area contributed by atoms with Crippen molar-refractivity contribution < 1.29 is 8.42 Å². The van der Waals surface area contributed by atoms with Crippen LogP contribution in [0.3, 0.4) is 0 Å². The molecule has 0 spiro atoms. The molecule has 1 saturated carbocycles. The summed E-state index contributed by atoms with van der Waals surface area (Å²) >= 11 is 0. The maximum absolute atomic E-state index is 11.7. The summed E-state index contributed by atoms with van der Waals surface area (Å²) in [5.41, 5.74) is 6.05. The van der Waals surface area contributed by atoms with Crippen LogP contribution >= 0.6 is 0 Å². The highest BCUT2D eigenvalue weighted by Crippen LogP contribution is 2.34. The second kappa shape index (κ2) is 6.87. The normalized spacial score (nSPS) is 19.6. The highest BCUT2D eigenvalue weighted by atomic mass is 32.2. The molecular formula is C13H28N2O2S. The molecule has 1 fully saturated rings. The zero-order valence-electron chi connectivity index (χ0n) is 11.8. The number of nitrogens with two attached hydrogens (primary N) is 1. The van der Waals surface area contributed by atoms with Gasteiger partial charge in [-0.3, -0.25) is 4.90 Å². The Morgan fingerprint density at radius 1 is 1.17 bits per heavy atom. The highest BCUT2D eigenvalue weighted by Gasteiger charge is 2.37. The van der Waals surface area contributed by atoms with Gasteiger partial charge in [-0.15, -0.1) is 0 Å². The topological polar surface area (TPSA) is 63.4 Å². The van der Waals surface area contributed by atoms with E-state index in [1.807, 2.05) is 0 Å². The first kappa shape index (κ1) is 15.9. The third kappa shape index (κ3) is 3.93. The van der Waals surface area contributed by atoms with Crippen LogP contribution < -0.4 is 5.73 Å². The van der Waals surface area contributed by atoms with E-state index in [4.69, 9.17) is 5.73 Å². The minimum Gasteiger partial charge on any atom is -0.329 e. The van der Waals surface area contributed by atoms with E-state index >= 15 is 0 Å². The standard InChI is InChI=1S/C13H28N2O2S/c1-3-9-15(10-11-18(16,17)4-2)13(12-14)7-5-6-8-13/h3-12,14H2,1-2H3. The summed E-state index contributed by atoms with van der Waals surface area (Å²) in [5, 5.41) is 0. The third-order valence-corrected chi connectivity index (χ3v) is 5.87. The summed E-state index contributed by atoms with van der Waals surface area (Å²) in [7, 11) is -2.88. The molecule has 0 aliphatic heterocycles. The van der Waals surface area contributed by atoms with Crippen LogP contribution in [0.1, 0.15) is 46.0 Å². The number of sulfone groups is 1. The van der Waals surface area contributed by atoms with Crippen LogP contribution in [-0.4, -0.2) is 50.0 Å². The lowest BCUT2D eigenvalue weighted by atomic mass is 9.95. The van der Waals surface area contributed by atoms with Crippen LogP contribution in [0.15, 0.2) is 0 Å². The monoisotopic (exact) mass is 276 g/mol. The predicted octanol–water partition coefficient (Wildman–Crippen LogP) is 1.40. The molecule has 0 aromatic rings. The lowest BCUT2D eigenvalue weighted by molar-refractivity contribution is 0.106. The molecule has 0 unspecified atom stereocenters. The molecule has 18 heavy (non-hydrogen) atoms. The van der Waals surface area contributed by atoms with E-state index in [9.17, 15) is 8.42 Å². The van der Waals surface area contributed by atoms with Gasteiger partial charge < -0.3 is 5.73 Å². The summed E-state index contributed by atoms with van der Waals surface area (Å²) in [5.74, 6) is 0.508. The van der Waals surface area contributed by atoms with E-state index in [0.717, 1.165) is 25.8 Å². The molecule has 0 aromatic heterocycles. The van der Waals surface area contributed by atoms with Gasteiger partial charge in [0.25, 0.3) is 0 Å². The molecule has 1 rings (SSSR count). The van der Waals surface area contributed by atoms with Crippen LogP contribution in [0.25, 0.3) is 0 Å². The van der Waals surface area contributed by atoms with Crippen LogP contribution in [0.4, 0.5) is 0 Å². The zero-order valence-corrected chi connectivity index (χ0v) is 12.6. The molecule has 0 radical (unpaired) electrons. The van der Waals surface area contributed by atoms with Crippen molar-refractivity contribution >= 4 is 9.84 Å². The molecule has 1 aliphatic rings. The first-order chi connectivity index (χ1) is 8.49. The fraction of sp³-hybridized carbons (Fsp3) is 1.00. The Bertz CT molecular complexity index is 335. The molecule has 2 N–H and O–H groups in total. The molecular weight excluding hydrogens is 248 g/mol. The van der Waals surface area contributed by atoms with E-state index in [1.165, 1.54) is 12.8 Å². The smallest absolute Gasteiger partial charge is 0.151 e. The van der Waals surface area contributed by atoms with Crippen molar-refractivity contribution in [2.75, 3.05) is 31.1 Å². The van der Waals surface area contributed by atoms with Crippen LogP contribution in [0.5, 0.6) is 0 Å². The van der Waals surface area contributed by atoms with Gasteiger partial charge in [-0.2, -0.15) is 0 Å². The first-order valence-electron chi connectivity index (χ1n) is 7.15. The maximum Gasteiger partial charge on any atom is 0.151 e. The summed E-state index contributed by atoms with van der Waals surface area (Å²) in [6.45, 7) is 6.10. The summed E-state index contributed by atoms with van der Waals surface area (Å²) in [6.07, 6.45) is 5.73. The lowest BCUT2D eigenvalue weighted by Crippen LogP contribution is -2.53. The summed E-state index contributed by atoms with van der Waals surface area (Å²) in [4.78, 5) is 2.34. The van der Waals surface area contributed by atoms with E-state index < -0.39 is 9.84 Å². The van der Waals surface area contributed by atoms with E-state index in [-0.39, 0.29) is 17.0 Å². The average molecular weight is 276 g/mol. The van der Waals surface area contributed by atoms with Crippen LogP contribution in [-0.2, 0) is 9.84 Å². The van der Waals surface area contributed by atoms with Gasteiger partial charge in [0.1, 0.15) is 0 Å². The largest absolute Gasteiger partial charge is 0.329 e. The number of hydrogen-bond donors (Lipinski definition) is 1. The van der Waals surface area contributed by atoms with Gasteiger partial charge in [0.15, 0.2) is 9.84 Å². The molecule has 108 valence electrons. The number of nitrogens with zero attached hydrogens (tertiary/aromatic N) is 1. The van der Waals surface area contributed by atoms with Crippen molar-refractivity contribution in [3.8, 4) is 0 Å². The Hall–Kier alpha value is -0.130. The molecule has 0 amide bonds. The minimum absolute atomic E-state index is 0.0687. The van der Waals surface area contributed by atoms with Crippen molar-refractivity contribution in [2.45, 2.75) is 51.5 Å². The quantitative estimate of drug-likeness (QED) is 0.728. The van der Waals surface area contributed by atoms with E-state index in [1.54, 1.807) is 6.92 Å². The maximum atomic E-state index is 11.7. The predicted molar refractivity (Wildman–Crippen MR) is 76.4 cm³/mol. The molecule has 1 aliphatic carbocycles. The Morgan fingerprint density at radius 2 is 1.78 bits per heavy atom. The fourth-order valence-corrected chi connectivity index (χ4v) is 3.72. The van der Waals surface area contributed by atoms with Gasteiger partial charge in [0.2, 0.25) is 0 Å². The zero-order chi connectivity index (χ0) is 13.6. The van der Waals surface area contributed by atoms with Crippen molar-refractivity contribution in [2.24, 2.45) is 5.73 Å². The summed E-state index contributed by atoms with van der Waals surface area (Å²) < 4.78 is 23.3.